The first kappa shape index (κ1) is 10.2. The van der Waals surface area contributed by atoms with E-state index in [-0.39, 0.29) is 9.76 Å². The van der Waals surface area contributed by atoms with Crippen LogP contribution < -0.4 is 0 Å². The van der Waals surface area contributed by atoms with Crippen LogP contribution in [0.25, 0.3) is 0 Å². The van der Waals surface area contributed by atoms with Crippen molar-refractivity contribution in [2.24, 2.45) is 0 Å². The van der Waals surface area contributed by atoms with Gasteiger partial charge in [0, 0.05) is 7.11 Å². The molecule has 0 radical (unpaired) electrons. The van der Waals surface area contributed by atoms with Crippen molar-refractivity contribution in [2.45, 2.75) is 31.6 Å². The predicted molar refractivity (Wildman–Crippen MR) is 50.1 cm³/mol. The van der Waals surface area contributed by atoms with Gasteiger partial charge < -0.3 is 13.9 Å². The van der Waals surface area contributed by atoms with Crippen molar-refractivity contribution >= 4 is 9.76 Å². The van der Waals surface area contributed by atoms with Gasteiger partial charge in [0.15, 0.2) is 9.76 Å². The molecule has 2 atom stereocenters. The molecule has 0 aromatic rings. The lowest BCUT2D eigenvalue weighted by Gasteiger charge is -2.10. The number of ether oxygens (including phenoxy) is 2. The lowest BCUT2D eigenvalue weighted by molar-refractivity contribution is 0.0520. The Balaban J connectivity index is 1.84. The zero-order valence-corrected chi connectivity index (χ0v) is 9.33. The van der Waals surface area contributed by atoms with E-state index < -0.39 is 0 Å². The summed E-state index contributed by atoms with van der Waals surface area (Å²) in [6, 6.07) is 1.21. The van der Waals surface area contributed by atoms with Gasteiger partial charge in [-0.05, 0) is 19.4 Å². The molecule has 0 amide bonds. The van der Waals surface area contributed by atoms with E-state index in [0.717, 1.165) is 19.6 Å². The third-order valence-corrected chi connectivity index (χ3v) is 3.03. The lowest BCUT2D eigenvalue weighted by Crippen LogP contribution is -2.13. The van der Waals surface area contributed by atoms with Crippen LogP contribution in [0.4, 0.5) is 0 Å². The molecule has 0 N–H and O–H groups in total. The number of epoxide rings is 1. The van der Waals surface area contributed by atoms with Gasteiger partial charge in [-0.25, -0.2) is 0 Å². The molecule has 72 valence electrons. The monoisotopic (exact) mass is 190 g/mol. The predicted octanol–water partition coefficient (Wildman–Crippen LogP) is 0.329. The number of rotatable bonds is 7. The molecule has 0 saturated carbocycles. The Morgan fingerprint density at radius 1 is 1.67 bits per heavy atom. The van der Waals surface area contributed by atoms with E-state index in [9.17, 15) is 0 Å². The Bertz CT molecular complexity index is 117. The maximum atomic E-state index is 5.55. The van der Waals surface area contributed by atoms with E-state index in [2.05, 4.69) is 6.92 Å². The average Bonchev–Trinajstić information content (AvgIpc) is 2.84. The normalized spacial score (nSPS) is 25.0. The van der Waals surface area contributed by atoms with Crippen molar-refractivity contribution in [3.8, 4) is 0 Å². The first-order valence-electron chi connectivity index (χ1n) is 4.55. The largest absolute Gasteiger partial charge is 0.427 e. The quantitative estimate of drug-likeness (QED) is 0.329. The van der Waals surface area contributed by atoms with Crippen molar-refractivity contribution in [1.29, 1.82) is 0 Å². The van der Waals surface area contributed by atoms with Crippen molar-refractivity contribution in [1.82, 2.24) is 0 Å². The van der Waals surface area contributed by atoms with Gasteiger partial charge in [-0.15, -0.1) is 0 Å². The summed E-state index contributed by atoms with van der Waals surface area (Å²) in [5.41, 5.74) is 0. The summed E-state index contributed by atoms with van der Waals surface area (Å²) in [6.45, 7) is 3.78. The highest BCUT2D eigenvalue weighted by molar-refractivity contribution is 6.26. The molecule has 1 heterocycles. The number of hydrogen-bond donors (Lipinski definition) is 0. The van der Waals surface area contributed by atoms with Crippen LogP contribution in [0.15, 0.2) is 0 Å². The first-order chi connectivity index (χ1) is 5.83. The minimum Gasteiger partial charge on any atom is -0.427 e. The fourth-order valence-corrected chi connectivity index (χ4v) is 2.06. The molecule has 1 saturated heterocycles. The standard InChI is InChI=1S/C8H18O3Si/c1-7(3-4-12-9-2)10-5-8-6-11-8/h7-8H,3-6,12H2,1-2H3. The summed E-state index contributed by atoms with van der Waals surface area (Å²) in [4.78, 5) is 0. The molecule has 0 aliphatic carbocycles. The van der Waals surface area contributed by atoms with Crippen molar-refractivity contribution in [2.75, 3.05) is 20.3 Å². The fourth-order valence-electron chi connectivity index (χ4n) is 1.03. The second-order valence-electron chi connectivity index (χ2n) is 3.23. The van der Waals surface area contributed by atoms with E-state index in [1.807, 2.05) is 0 Å². The fraction of sp³-hybridized carbons (Fsp3) is 1.00. The van der Waals surface area contributed by atoms with Gasteiger partial charge in [0.25, 0.3) is 0 Å². The molecule has 0 aromatic carbocycles. The van der Waals surface area contributed by atoms with Crippen molar-refractivity contribution < 1.29 is 13.9 Å². The van der Waals surface area contributed by atoms with Gasteiger partial charge in [-0.1, -0.05) is 0 Å². The summed E-state index contributed by atoms with van der Waals surface area (Å²) in [7, 11) is 1.53. The van der Waals surface area contributed by atoms with E-state index >= 15 is 0 Å². The Kier molecular flexibility index (Phi) is 4.83. The van der Waals surface area contributed by atoms with Crippen LogP contribution >= 0.6 is 0 Å². The third-order valence-electron chi connectivity index (χ3n) is 1.93. The van der Waals surface area contributed by atoms with E-state index in [1.165, 1.54) is 6.04 Å². The van der Waals surface area contributed by atoms with Crippen molar-refractivity contribution in [3.63, 3.8) is 0 Å². The molecule has 1 fully saturated rings. The highest BCUT2D eigenvalue weighted by Gasteiger charge is 2.23. The van der Waals surface area contributed by atoms with Crippen LogP contribution in [-0.4, -0.2) is 42.3 Å². The topological polar surface area (TPSA) is 31.0 Å². The van der Waals surface area contributed by atoms with Gasteiger partial charge in [-0.2, -0.15) is 0 Å². The SMILES string of the molecule is CO[SiH2]CCC(C)OCC1CO1. The lowest BCUT2D eigenvalue weighted by atomic mass is 10.3. The van der Waals surface area contributed by atoms with Crippen LogP contribution in [0.5, 0.6) is 0 Å². The van der Waals surface area contributed by atoms with E-state index in [4.69, 9.17) is 13.9 Å². The molecule has 2 unspecified atom stereocenters. The van der Waals surface area contributed by atoms with Gasteiger partial charge in [0.05, 0.1) is 19.3 Å². The van der Waals surface area contributed by atoms with E-state index in [1.54, 1.807) is 7.11 Å². The molecule has 3 nitrogen and oxygen atoms in total. The molecule has 0 spiro atoms. The van der Waals surface area contributed by atoms with Gasteiger partial charge in [-0.3, -0.25) is 0 Å². The van der Waals surface area contributed by atoms with Crippen LogP contribution in [0, 0.1) is 0 Å². The summed E-state index contributed by atoms with van der Waals surface area (Å²) in [6.07, 6.45) is 1.90. The Hall–Kier alpha value is 0.0969. The van der Waals surface area contributed by atoms with Crippen molar-refractivity contribution in [3.05, 3.63) is 0 Å². The number of hydrogen-bond acceptors (Lipinski definition) is 3. The van der Waals surface area contributed by atoms with E-state index in [0.29, 0.717) is 12.2 Å². The minimum absolute atomic E-state index is 0.253. The molecule has 12 heavy (non-hydrogen) atoms. The summed E-state index contributed by atoms with van der Waals surface area (Å²) >= 11 is 0. The zero-order valence-electron chi connectivity index (χ0n) is 7.91. The van der Waals surface area contributed by atoms with Gasteiger partial charge in [0.1, 0.15) is 6.10 Å². The highest BCUT2D eigenvalue weighted by Crippen LogP contribution is 2.11. The Morgan fingerprint density at radius 2 is 2.42 bits per heavy atom. The van der Waals surface area contributed by atoms with Crippen LogP contribution in [0.3, 0.4) is 0 Å². The molecular formula is C8H18O3Si. The zero-order chi connectivity index (χ0) is 8.81. The molecule has 0 aromatic heterocycles. The molecule has 0 bridgehead atoms. The Labute approximate surface area is 76.3 Å². The average molecular weight is 190 g/mol. The molecule has 1 aliphatic heterocycles. The van der Waals surface area contributed by atoms with Crippen LogP contribution in [-0.2, 0) is 13.9 Å². The summed E-state index contributed by atoms with van der Waals surface area (Å²) in [5.74, 6) is 0. The first-order valence-corrected chi connectivity index (χ1v) is 6.13. The molecule has 1 aliphatic rings. The summed E-state index contributed by atoms with van der Waals surface area (Å²) < 4.78 is 15.7. The third kappa shape index (κ3) is 4.87. The highest BCUT2D eigenvalue weighted by atomic mass is 28.2. The van der Waals surface area contributed by atoms with Crippen LogP contribution in [0.1, 0.15) is 13.3 Å². The van der Waals surface area contributed by atoms with Crippen LogP contribution in [0.2, 0.25) is 6.04 Å². The second kappa shape index (κ2) is 5.69. The second-order valence-corrected chi connectivity index (χ2v) is 4.93. The maximum absolute atomic E-state index is 5.55. The smallest absolute Gasteiger partial charge is 0.161 e. The summed E-state index contributed by atoms with van der Waals surface area (Å²) in [5, 5.41) is 0. The molecule has 4 heteroatoms. The Morgan fingerprint density at radius 3 is 3.00 bits per heavy atom. The molecular weight excluding hydrogens is 172 g/mol. The molecule has 1 rings (SSSR count). The maximum Gasteiger partial charge on any atom is 0.161 e. The van der Waals surface area contributed by atoms with Gasteiger partial charge >= 0.3 is 0 Å². The minimum atomic E-state index is -0.253. The van der Waals surface area contributed by atoms with Gasteiger partial charge in [0.2, 0.25) is 0 Å².